The van der Waals surface area contributed by atoms with E-state index in [1.165, 1.54) is 18.2 Å². The van der Waals surface area contributed by atoms with Crippen LogP contribution in [0.15, 0.2) is 52.7 Å². The van der Waals surface area contributed by atoms with Crippen molar-refractivity contribution in [3.8, 4) is 0 Å². The van der Waals surface area contributed by atoms with Crippen LogP contribution in [0.25, 0.3) is 0 Å². The van der Waals surface area contributed by atoms with Crippen molar-refractivity contribution < 1.29 is 10.0 Å². The Morgan fingerprint density at radius 3 is 2.54 bits per heavy atom. The van der Waals surface area contributed by atoms with Crippen LogP contribution in [0.2, 0.25) is 5.02 Å². The van der Waals surface area contributed by atoms with Crippen LogP contribution in [0.1, 0.15) is 5.56 Å². The molecule has 0 spiro atoms. The summed E-state index contributed by atoms with van der Waals surface area (Å²) in [6.07, 6.45) is 0.833. The fraction of sp³-hybridized carbons (Fsp3) is 0.250. The second kappa shape index (κ2) is 9.07. The third kappa shape index (κ3) is 5.38. The number of hydrogen-bond acceptors (Lipinski definition) is 6. The second-order valence-electron chi connectivity index (χ2n) is 4.98. The van der Waals surface area contributed by atoms with Crippen LogP contribution in [-0.2, 0) is 6.42 Å². The molecule has 0 aliphatic heterocycles. The first-order valence-corrected chi connectivity index (χ1v) is 7.74. The molecule has 0 amide bonds. The highest BCUT2D eigenvalue weighted by molar-refractivity contribution is 6.30. The maximum atomic E-state index is 11.0. The zero-order valence-corrected chi connectivity index (χ0v) is 13.6. The minimum Gasteiger partial charge on any atom is -0.395 e. The van der Waals surface area contributed by atoms with Crippen molar-refractivity contribution in [1.82, 2.24) is 5.32 Å². The summed E-state index contributed by atoms with van der Waals surface area (Å²) in [6, 6.07) is 11.7. The number of halogens is 1. The van der Waals surface area contributed by atoms with Gasteiger partial charge in [-0.2, -0.15) is 5.11 Å². The van der Waals surface area contributed by atoms with E-state index in [9.17, 15) is 10.1 Å². The van der Waals surface area contributed by atoms with Gasteiger partial charge in [0, 0.05) is 17.6 Å². The molecule has 0 saturated heterocycles. The number of nitro groups is 1. The summed E-state index contributed by atoms with van der Waals surface area (Å²) in [6.45, 7) is 1.47. The molecule has 8 heteroatoms. The molecule has 2 aromatic rings. The number of rotatable bonds is 8. The molecule has 0 bridgehead atoms. The van der Waals surface area contributed by atoms with Gasteiger partial charge in [0.1, 0.15) is 0 Å². The van der Waals surface area contributed by atoms with Crippen molar-refractivity contribution >= 4 is 28.7 Å². The molecular formula is C16H17ClN4O3. The highest BCUT2D eigenvalue weighted by atomic mass is 35.5. The van der Waals surface area contributed by atoms with Gasteiger partial charge in [-0.15, -0.1) is 5.11 Å². The first-order valence-electron chi connectivity index (χ1n) is 7.36. The Bertz CT molecular complexity index is 720. The molecule has 0 aliphatic rings. The maximum Gasteiger partial charge on any atom is 0.298 e. The first kappa shape index (κ1) is 18.0. The molecule has 2 N–H and O–H groups in total. The lowest BCUT2D eigenvalue weighted by molar-refractivity contribution is -0.384. The normalized spacial score (nSPS) is 11.1. The van der Waals surface area contributed by atoms with Crippen LogP contribution in [0.4, 0.5) is 17.1 Å². The van der Waals surface area contributed by atoms with E-state index in [1.807, 2.05) is 12.1 Å². The van der Waals surface area contributed by atoms with Crippen LogP contribution in [0, 0.1) is 10.1 Å². The number of aliphatic hydroxyl groups is 1. The summed E-state index contributed by atoms with van der Waals surface area (Å²) in [4.78, 5) is 10.5. The average Bonchev–Trinajstić information content (AvgIpc) is 2.58. The number of azo groups is 1. The fourth-order valence-electron chi connectivity index (χ4n) is 2.01. The SMILES string of the molecule is O=[N+]([O-])c1cc(Cl)ccc1N=Nc1ccc(CCNCCO)cc1. The number of nitro benzene ring substituents is 1. The monoisotopic (exact) mass is 348 g/mol. The van der Waals surface area contributed by atoms with Crippen LogP contribution >= 0.6 is 11.6 Å². The van der Waals surface area contributed by atoms with Crippen LogP contribution in [0.3, 0.4) is 0 Å². The number of aliphatic hydroxyl groups excluding tert-OH is 1. The quantitative estimate of drug-likeness (QED) is 0.328. The lowest BCUT2D eigenvalue weighted by Crippen LogP contribution is -2.20. The predicted molar refractivity (Wildman–Crippen MR) is 92.4 cm³/mol. The maximum absolute atomic E-state index is 11.0. The third-order valence-electron chi connectivity index (χ3n) is 3.22. The Morgan fingerprint density at radius 2 is 1.88 bits per heavy atom. The molecule has 0 aromatic heterocycles. The van der Waals surface area contributed by atoms with E-state index in [-0.39, 0.29) is 23.0 Å². The fourth-order valence-corrected chi connectivity index (χ4v) is 2.17. The minimum absolute atomic E-state index is 0.121. The molecule has 0 heterocycles. The van der Waals surface area contributed by atoms with Gasteiger partial charge in [0.05, 0.1) is 17.2 Å². The number of nitrogens with one attached hydrogen (secondary N) is 1. The number of benzene rings is 2. The van der Waals surface area contributed by atoms with Crippen molar-refractivity contribution in [1.29, 1.82) is 0 Å². The summed E-state index contributed by atoms with van der Waals surface area (Å²) in [5.41, 5.74) is 1.70. The van der Waals surface area contributed by atoms with Crippen LogP contribution in [0.5, 0.6) is 0 Å². The topological polar surface area (TPSA) is 100 Å². The molecule has 0 fully saturated rings. The summed E-state index contributed by atoms with van der Waals surface area (Å²) >= 11 is 5.76. The molecule has 0 saturated carbocycles. The number of hydrogen-bond donors (Lipinski definition) is 2. The van der Waals surface area contributed by atoms with Gasteiger partial charge < -0.3 is 10.4 Å². The van der Waals surface area contributed by atoms with E-state index < -0.39 is 4.92 Å². The Balaban J connectivity index is 2.03. The summed E-state index contributed by atoms with van der Waals surface area (Å²) in [5.74, 6) is 0. The van der Waals surface area contributed by atoms with E-state index in [2.05, 4.69) is 15.5 Å². The van der Waals surface area contributed by atoms with Gasteiger partial charge >= 0.3 is 0 Å². The standard InChI is InChI=1S/C16H17ClN4O3/c17-13-3-6-15(16(11-13)21(23)24)20-19-14-4-1-12(2-5-14)7-8-18-9-10-22/h1-6,11,18,22H,7-10H2. The van der Waals surface area contributed by atoms with Crippen molar-refractivity contribution in [2.45, 2.75) is 6.42 Å². The average molecular weight is 349 g/mol. The minimum atomic E-state index is -0.539. The Labute approximate surface area is 144 Å². The van der Waals surface area contributed by atoms with Gasteiger partial charge in [-0.25, -0.2) is 0 Å². The van der Waals surface area contributed by atoms with Gasteiger partial charge in [-0.3, -0.25) is 10.1 Å². The van der Waals surface area contributed by atoms with Gasteiger partial charge in [0.15, 0.2) is 5.69 Å². The molecule has 0 atom stereocenters. The molecule has 24 heavy (non-hydrogen) atoms. The summed E-state index contributed by atoms with van der Waals surface area (Å²) in [5, 5.41) is 31.0. The molecule has 2 aromatic carbocycles. The zero-order valence-electron chi connectivity index (χ0n) is 12.9. The second-order valence-corrected chi connectivity index (χ2v) is 5.42. The highest BCUT2D eigenvalue weighted by Gasteiger charge is 2.13. The summed E-state index contributed by atoms with van der Waals surface area (Å²) in [7, 11) is 0. The number of nitrogens with zero attached hydrogens (tertiary/aromatic N) is 3. The van der Waals surface area contributed by atoms with Crippen LogP contribution < -0.4 is 5.32 Å². The molecule has 126 valence electrons. The molecule has 0 radical (unpaired) electrons. The highest BCUT2D eigenvalue weighted by Crippen LogP contribution is 2.31. The molecule has 0 unspecified atom stereocenters. The third-order valence-corrected chi connectivity index (χ3v) is 3.46. The van der Waals surface area contributed by atoms with Gasteiger partial charge in [-0.1, -0.05) is 23.7 Å². The van der Waals surface area contributed by atoms with Crippen molar-refractivity contribution in [3.05, 3.63) is 63.2 Å². The van der Waals surface area contributed by atoms with E-state index in [0.29, 0.717) is 12.2 Å². The smallest absolute Gasteiger partial charge is 0.298 e. The lowest BCUT2D eigenvalue weighted by atomic mass is 10.1. The van der Waals surface area contributed by atoms with E-state index >= 15 is 0 Å². The Hall–Kier alpha value is -2.35. The van der Waals surface area contributed by atoms with Crippen molar-refractivity contribution in [3.63, 3.8) is 0 Å². The Kier molecular flexibility index (Phi) is 6.80. The van der Waals surface area contributed by atoms with Crippen molar-refractivity contribution in [2.24, 2.45) is 10.2 Å². The largest absolute Gasteiger partial charge is 0.395 e. The lowest BCUT2D eigenvalue weighted by Gasteiger charge is -2.03. The molecule has 0 aliphatic carbocycles. The summed E-state index contributed by atoms with van der Waals surface area (Å²) < 4.78 is 0. The van der Waals surface area contributed by atoms with Gasteiger partial charge in [0.25, 0.3) is 5.69 Å². The molecule has 7 nitrogen and oxygen atoms in total. The van der Waals surface area contributed by atoms with Crippen molar-refractivity contribution in [2.75, 3.05) is 19.7 Å². The zero-order chi connectivity index (χ0) is 17.4. The van der Waals surface area contributed by atoms with E-state index in [1.54, 1.807) is 12.1 Å². The van der Waals surface area contributed by atoms with Gasteiger partial charge in [0.2, 0.25) is 0 Å². The molecule has 2 rings (SSSR count). The van der Waals surface area contributed by atoms with Gasteiger partial charge in [-0.05, 0) is 42.8 Å². The first-order chi connectivity index (χ1) is 11.6. The van der Waals surface area contributed by atoms with E-state index in [4.69, 9.17) is 16.7 Å². The van der Waals surface area contributed by atoms with E-state index in [0.717, 1.165) is 18.5 Å². The molecular weight excluding hydrogens is 332 g/mol. The van der Waals surface area contributed by atoms with Crippen LogP contribution in [-0.4, -0.2) is 29.7 Å². The Morgan fingerprint density at radius 1 is 1.12 bits per heavy atom. The predicted octanol–water partition coefficient (Wildman–Crippen LogP) is 3.79.